The fraction of sp³-hybridized carbons (Fsp3) is 0.693. The van der Waals surface area contributed by atoms with E-state index in [1.165, 1.54) is 20.5 Å². The second-order valence-electron chi connectivity index (χ2n) is 32.7. The number of carbonyl (C=O) groups is 6. The van der Waals surface area contributed by atoms with Gasteiger partial charge in [0.25, 0.3) is 11.7 Å². The Balaban J connectivity index is 0.616. The van der Waals surface area contributed by atoms with Crippen LogP contribution in [0.4, 0.5) is 10.6 Å². The summed E-state index contributed by atoms with van der Waals surface area (Å²) in [6.07, 6.45) is 12.1. The number of para-hydroxylation sites is 1. The number of ether oxygens (including phenoxy) is 14. The molecule has 0 unspecified atom stereocenters. The Morgan fingerprint density at radius 2 is 1.37 bits per heavy atom. The first-order chi connectivity index (χ1) is 58.4. The van der Waals surface area contributed by atoms with Gasteiger partial charge in [-0.2, -0.15) is 5.10 Å². The van der Waals surface area contributed by atoms with Gasteiger partial charge in [-0.25, -0.2) is 24.1 Å². The van der Waals surface area contributed by atoms with Crippen LogP contribution < -0.4 is 26.8 Å². The zero-order valence-electron chi connectivity index (χ0n) is 72.4. The topological polar surface area (TPSA) is 431 Å². The summed E-state index contributed by atoms with van der Waals surface area (Å²) >= 11 is 0. The number of cyclic esters (lactones) is 1. The van der Waals surface area contributed by atoms with Gasteiger partial charge in [0.2, 0.25) is 11.7 Å². The number of hydrogen-bond acceptors (Lipinski definition) is 28. The molecular weight excluding hydrogens is 1570 g/mol. The normalized spacial score (nSPS) is 29.7. The maximum atomic E-state index is 14.7. The van der Waals surface area contributed by atoms with Gasteiger partial charge in [-0.1, -0.05) is 76.3 Å². The predicted molar refractivity (Wildman–Crippen MR) is 450 cm³/mol. The Labute approximate surface area is 710 Å². The molecule has 5 aliphatic rings. The van der Waals surface area contributed by atoms with Crippen LogP contribution in [0.25, 0.3) is 27.8 Å². The molecule has 9 rings (SSSR count). The number of ketones is 2. The van der Waals surface area contributed by atoms with Crippen LogP contribution in [-0.4, -0.2) is 288 Å². The van der Waals surface area contributed by atoms with E-state index in [-0.39, 0.29) is 80.7 Å². The molecule has 33 heteroatoms. The van der Waals surface area contributed by atoms with Crippen molar-refractivity contribution in [1.82, 2.24) is 40.1 Å². The number of Topliss-reactive ketones (excluding diaryl/α,β-unsaturated/α-hetero) is 2. The van der Waals surface area contributed by atoms with Gasteiger partial charge in [0, 0.05) is 94.8 Å². The lowest BCUT2D eigenvalue weighted by Gasteiger charge is -2.42. The van der Waals surface area contributed by atoms with Crippen molar-refractivity contribution in [3.63, 3.8) is 0 Å². The quantitative estimate of drug-likeness (QED) is 0.00942. The van der Waals surface area contributed by atoms with E-state index in [2.05, 4.69) is 25.7 Å². The SMILES string of the molecule is COc1cccc2cc(-c3nc([C@H]4CC[C@H](C(=O)NCCOCCOCCOCCOCCOCCOCCOCCNC(=O)O[C@@H]5CC[C@@H](C[C@@H](N)[C@@H]6C[C@@H](O)[C@H](C)/C=C(\C)[C@@H](O)[C@@H](OC)C(=O)[C@H](C)C[C@H](C)/C=C/C=C/C=C(\C)[C@@H](OC)C[C@@H]7CC[C@@H](C)[C@@](O)(O7)C(=O)C(=O)N7CCCC[C@H]7C(=O)O6)C[C@H]5OC)CC4)n4ncnc(N)c34)[nH]c12. The van der Waals surface area contributed by atoms with Crippen LogP contribution in [-0.2, 0) is 85.6 Å². The third-order valence-electron chi connectivity index (χ3n) is 24.0. The molecule has 4 aromatic rings. The lowest BCUT2D eigenvalue weighted by Crippen LogP contribution is -2.61. The number of carbonyl (C=O) groups excluding carboxylic acids is 6. The van der Waals surface area contributed by atoms with Crippen LogP contribution in [0, 0.1) is 35.5 Å². The number of rotatable bonds is 35. The van der Waals surface area contributed by atoms with E-state index in [0.717, 1.165) is 64.3 Å². The Bertz CT molecular complexity index is 4030. The Morgan fingerprint density at radius 3 is 2.01 bits per heavy atom. The minimum Gasteiger partial charge on any atom is -0.495 e. The molecule has 1 aromatic carbocycles. The molecule has 6 heterocycles. The van der Waals surface area contributed by atoms with Crippen molar-refractivity contribution in [3.05, 3.63) is 84.0 Å². The number of aliphatic hydroxyl groups excluding tert-OH is 2. The number of nitrogen functional groups attached to an aromatic ring is 1. The second-order valence-corrected chi connectivity index (χ2v) is 32.7. The number of esters is 1. The standard InChI is InChI=1S/C88H134N10O23/c1-55-17-12-11-13-18-56(2)72(109-8)52-65-28-22-60(6)88(107,121-65)81(102)85(104)97-32-15-14-20-68(97)86(105)119-73(53-69(99)57(3)48-59(5)79(101)80(111-10)78(100)58(4)47-55)66(89)49-61-23-29-70(74(50-61)110-9)120-87(106)92-31-34-113-36-38-115-40-42-117-44-46-118-45-43-116-41-39-114-37-35-112-33-30-91-84(103)63-26-24-62(25-27-63)83-96-76(77-82(90)93-54-94-98(77)83)67-51-64-19-16-21-71(108-7)75(64)95-67/h11-13,16-19,21,48,51,54-55,57-58,60-63,65-66,68-70,72-74,79-80,95,99,101,107H,14-15,20,22-47,49-50,52-53,89H2,1-10H3,(H,91,103)(H,92,106)(H2,90,93,94)/b13-11+,17-12+,56-18+,59-48+/t55-,57-,58-,60-,61+,62-,63-,65+,66-,68+,69-,70-,72+,73+,74-,79-,80+,88-/m1/s1. The van der Waals surface area contributed by atoms with Crippen LogP contribution in [0.1, 0.15) is 156 Å². The first-order valence-corrected chi connectivity index (χ1v) is 43.2. The van der Waals surface area contributed by atoms with Crippen LogP contribution in [0.2, 0.25) is 0 Å². The van der Waals surface area contributed by atoms with Crippen molar-refractivity contribution >= 4 is 57.7 Å². The summed E-state index contributed by atoms with van der Waals surface area (Å²) in [6, 6.07) is 5.75. The molecule has 674 valence electrons. The Morgan fingerprint density at radius 1 is 0.719 bits per heavy atom. The predicted octanol–water partition coefficient (Wildman–Crippen LogP) is 7.78. The fourth-order valence-corrected chi connectivity index (χ4v) is 16.8. The van der Waals surface area contributed by atoms with E-state index in [1.807, 2.05) is 68.5 Å². The lowest BCUT2D eigenvalue weighted by atomic mass is 9.80. The van der Waals surface area contributed by atoms with Crippen LogP contribution >= 0.6 is 0 Å². The van der Waals surface area contributed by atoms with Crippen molar-refractivity contribution in [1.29, 1.82) is 0 Å². The Hall–Kier alpha value is -7.71. The average Bonchev–Trinajstić information content (AvgIpc) is 1.64. The van der Waals surface area contributed by atoms with Gasteiger partial charge in [0.05, 0.1) is 135 Å². The van der Waals surface area contributed by atoms with Gasteiger partial charge in [-0.3, -0.25) is 19.2 Å². The van der Waals surface area contributed by atoms with Crippen molar-refractivity contribution in [2.75, 3.05) is 146 Å². The molecule has 2 saturated carbocycles. The number of imidazole rings is 1. The van der Waals surface area contributed by atoms with Crippen LogP contribution in [0.3, 0.4) is 0 Å². The highest BCUT2D eigenvalue weighted by Gasteiger charge is 2.53. The summed E-state index contributed by atoms with van der Waals surface area (Å²) in [4.78, 5) is 97.8. The summed E-state index contributed by atoms with van der Waals surface area (Å²) in [7, 11) is 6.11. The van der Waals surface area contributed by atoms with E-state index in [4.69, 9.17) is 82.8 Å². The summed E-state index contributed by atoms with van der Waals surface area (Å²) in [5, 5.41) is 47.1. The summed E-state index contributed by atoms with van der Waals surface area (Å²) in [5.74, 6) is -6.04. The highest BCUT2D eigenvalue weighted by molar-refractivity contribution is 6.39. The number of methoxy groups -OCH3 is 4. The molecule has 0 spiro atoms. The zero-order chi connectivity index (χ0) is 87.0. The molecule has 33 nitrogen and oxygen atoms in total. The summed E-state index contributed by atoms with van der Waals surface area (Å²) in [6.45, 7) is 16.4. The average molecular weight is 1700 g/mol. The van der Waals surface area contributed by atoms with Crippen LogP contribution in [0.5, 0.6) is 5.75 Å². The molecule has 2 aliphatic carbocycles. The van der Waals surface area contributed by atoms with Crippen molar-refractivity contribution in [2.45, 2.75) is 217 Å². The maximum absolute atomic E-state index is 14.7. The molecule has 4 fully saturated rings. The van der Waals surface area contributed by atoms with E-state index < -0.39 is 108 Å². The number of aromatic nitrogens is 5. The highest BCUT2D eigenvalue weighted by atomic mass is 16.6. The second kappa shape index (κ2) is 49.7. The number of allylic oxidation sites excluding steroid dienone is 5. The van der Waals surface area contributed by atoms with Gasteiger partial charge in [0.15, 0.2) is 11.6 Å². The maximum Gasteiger partial charge on any atom is 0.407 e. The smallest absolute Gasteiger partial charge is 0.407 e. The summed E-state index contributed by atoms with van der Waals surface area (Å²) < 4.78 is 82.6. The van der Waals surface area contributed by atoms with Crippen molar-refractivity contribution in [2.24, 2.45) is 41.2 Å². The van der Waals surface area contributed by atoms with Crippen molar-refractivity contribution < 1.29 is 110 Å². The monoisotopic (exact) mass is 1700 g/mol. The lowest BCUT2D eigenvalue weighted by molar-refractivity contribution is -0.265. The Kier molecular flexibility index (Phi) is 39.9. The van der Waals surface area contributed by atoms with E-state index in [9.17, 15) is 44.1 Å². The first-order valence-electron chi connectivity index (χ1n) is 43.2. The van der Waals surface area contributed by atoms with Crippen LogP contribution in [0.15, 0.2) is 78.2 Å². The number of anilines is 1. The number of aliphatic hydroxyl groups is 3. The molecule has 0 radical (unpaired) electrons. The molecule has 3 aliphatic heterocycles. The number of benzene rings is 1. The van der Waals surface area contributed by atoms with Gasteiger partial charge in [0.1, 0.15) is 59.6 Å². The van der Waals surface area contributed by atoms with Gasteiger partial charge in [-0.15, -0.1) is 0 Å². The third-order valence-corrected chi connectivity index (χ3v) is 24.0. The number of fused-ring (bicyclic) bond motifs is 5. The fourth-order valence-electron chi connectivity index (χ4n) is 16.8. The number of nitrogens with two attached hydrogens (primary N) is 2. The molecule has 3 amide bonds. The number of aromatic amines is 1. The third kappa shape index (κ3) is 28.1. The first kappa shape index (κ1) is 97.1. The number of nitrogens with one attached hydrogen (secondary N) is 3. The molecular formula is C88H134N10O23. The van der Waals surface area contributed by atoms with E-state index >= 15 is 0 Å². The van der Waals surface area contributed by atoms with Gasteiger partial charge < -0.3 is 114 Å². The minimum atomic E-state index is -2.49. The number of hydrogen-bond donors (Lipinski definition) is 8. The molecule has 16 atom stereocenters. The highest BCUT2D eigenvalue weighted by Crippen LogP contribution is 2.42. The van der Waals surface area contributed by atoms with Gasteiger partial charge >= 0.3 is 12.1 Å². The summed E-state index contributed by atoms with van der Waals surface area (Å²) in [5.41, 5.74) is 17.7. The number of alkyl carbamates (subject to hydrolysis) is 1. The van der Waals surface area contributed by atoms with E-state index in [0.29, 0.717) is 166 Å². The number of H-pyrrole nitrogens is 1. The number of piperidine rings is 1. The van der Waals surface area contributed by atoms with Gasteiger partial charge in [-0.05, 0) is 139 Å². The molecule has 10 N–H and O–H groups in total. The van der Waals surface area contributed by atoms with E-state index in [1.54, 1.807) is 52.5 Å². The molecule has 2 bridgehead atoms. The minimum absolute atomic E-state index is 0.0166. The molecule has 121 heavy (non-hydrogen) atoms. The number of amides is 3. The largest absolute Gasteiger partial charge is 0.495 e. The molecule has 3 aromatic heterocycles. The zero-order valence-corrected chi connectivity index (χ0v) is 72.4. The molecule has 2 saturated heterocycles. The van der Waals surface area contributed by atoms with Crippen molar-refractivity contribution in [3.8, 4) is 17.1 Å². The number of nitrogens with zero attached hydrogens (tertiary/aromatic N) is 5.